The number of hydrogen-bond acceptors (Lipinski definition) is 5. The molecule has 0 spiro atoms. The van der Waals surface area contributed by atoms with Gasteiger partial charge in [0.15, 0.2) is 0 Å². The summed E-state index contributed by atoms with van der Waals surface area (Å²) in [5, 5.41) is 4.17. The van der Waals surface area contributed by atoms with Gasteiger partial charge in [-0.25, -0.2) is 18.1 Å². The van der Waals surface area contributed by atoms with E-state index < -0.39 is 10.0 Å². The summed E-state index contributed by atoms with van der Waals surface area (Å²) in [5.74, 6) is 0.431. The van der Waals surface area contributed by atoms with Gasteiger partial charge in [0.2, 0.25) is 15.9 Å². The molecule has 2 heterocycles. The Balaban J connectivity index is 1.85. The standard InChI is InChI=1S/C17H18N4O3S/c1-24-17-9-8-16(12-18-17)21(25(2,22)23)13-14-4-6-15(7-5-14)20-11-3-10-19-20/h3-12H,13H2,1-2H3. The fourth-order valence-electron chi connectivity index (χ4n) is 2.38. The van der Waals surface area contributed by atoms with E-state index in [4.69, 9.17) is 4.74 Å². The number of sulfonamides is 1. The number of pyridine rings is 1. The maximum Gasteiger partial charge on any atom is 0.232 e. The molecule has 8 heteroatoms. The Kier molecular flexibility index (Phi) is 4.71. The normalized spacial score (nSPS) is 11.3. The zero-order chi connectivity index (χ0) is 17.9. The minimum absolute atomic E-state index is 0.215. The molecule has 7 nitrogen and oxygen atoms in total. The zero-order valence-electron chi connectivity index (χ0n) is 13.9. The minimum Gasteiger partial charge on any atom is -0.481 e. The van der Waals surface area contributed by atoms with E-state index in [1.165, 1.54) is 23.9 Å². The van der Waals surface area contributed by atoms with Crippen LogP contribution in [0.5, 0.6) is 5.88 Å². The van der Waals surface area contributed by atoms with E-state index in [-0.39, 0.29) is 6.54 Å². The van der Waals surface area contributed by atoms with E-state index in [0.29, 0.717) is 11.6 Å². The Hall–Kier alpha value is -2.87. The lowest BCUT2D eigenvalue weighted by Gasteiger charge is -2.22. The molecule has 3 rings (SSSR count). The van der Waals surface area contributed by atoms with Crippen LogP contribution in [0.1, 0.15) is 5.56 Å². The lowest BCUT2D eigenvalue weighted by atomic mass is 10.2. The Bertz CT molecular complexity index is 921. The van der Waals surface area contributed by atoms with Gasteiger partial charge in [-0.15, -0.1) is 0 Å². The highest BCUT2D eigenvalue weighted by molar-refractivity contribution is 7.92. The number of anilines is 1. The Morgan fingerprint density at radius 2 is 1.92 bits per heavy atom. The van der Waals surface area contributed by atoms with E-state index in [1.54, 1.807) is 23.0 Å². The van der Waals surface area contributed by atoms with Crippen LogP contribution in [0, 0.1) is 0 Å². The molecule has 3 aromatic rings. The fraction of sp³-hybridized carbons (Fsp3) is 0.176. The summed E-state index contributed by atoms with van der Waals surface area (Å²) in [5.41, 5.74) is 2.25. The number of nitrogens with zero attached hydrogens (tertiary/aromatic N) is 4. The molecule has 0 aliphatic carbocycles. The van der Waals surface area contributed by atoms with Crippen LogP contribution in [0.25, 0.3) is 5.69 Å². The zero-order valence-corrected chi connectivity index (χ0v) is 14.7. The largest absolute Gasteiger partial charge is 0.481 e. The van der Waals surface area contributed by atoms with Gasteiger partial charge in [-0.3, -0.25) is 4.31 Å². The first kappa shape index (κ1) is 17.0. The number of hydrogen-bond donors (Lipinski definition) is 0. The van der Waals surface area contributed by atoms with Crippen molar-refractivity contribution in [2.45, 2.75) is 6.54 Å². The van der Waals surface area contributed by atoms with Crippen LogP contribution in [0.4, 0.5) is 5.69 Å². The average molecular weight is 358 g/mol. The molecule has 0 atom stereocenters. The van der Waals surface area contributed by atoms with E-state index >= 15 is 0 Å². The maximum absolute atomic E-state index is 12.2. The van der Waals surface area contributed by atoms with Gasteiger partial charge in [-0.1, -0.05) is 12.1 Å². The Morgan fingerprint density at radius 3 is 2.44 bits per heavy atom. The molecule has 0 saturated carbocycles. The monoisotopic (exact) mass is 358 g/mol. The van der Waals surface area contributed by atoms with Gasteiger partial charge in [0.1, 0.15) is 0 Å². The molecule has 0 fully saturated rings. The topological polar surface area (TPSA) is 77.3 Å². The third-order valence-electron chi connectivity index (χ3n) is 3.65. The van der Waals surface area contributed by atoms with Crippen LogP contribution in [-0.4, -0.2) is 36.5 Å². The lowest BCUT2D eigenvalue weighted by Crippen LogP contribution is -2.29. The first-order chi connectivity index (χ1) is 12.0. The third-order valence-corrected chi connectivity index (χ3v) is 4.79. The molecule has 0 aliphatic heterocycles. The van der Waals surface area contributed by atoms with Crippen molar-refractivity contribution in [1.82, 2.24) is 14.8 Å². The van der Waals surface area contributed by atoms with Crippen LogP contribution in [0.3, 0.4) is 0 Å². The highest BCUT2D eigenvalue weighted by Crippen LogP contribution is 2.22. The maximum atomic E-state index is 12.2. The summed E-state index contributed by atoms with van der Waals surface area (Å²) in [7, 11) is -1.94. The summed E-state index contributed by atoms with van der Waals surface area (Å²) in [4.78, 5) is 4.08. The summed E-state index contributed by atoms with van der Waals surface area (Å²) in [6.45, 7) is 0.215. The molecule has 2 aromatic heterocycles. The number of benzene rings is 1. The molecule has 0 amide bonds. The van der Waals surface area contributed by atoms with Crippen molar-refractivity contribution in [3.05, 3.63) is 66.6 Å². The molecule has 130 valence electrons. The van der Waals surface area contributed by atoms with Crippen LogP contribution >= 0.6 is 0 Å². The lowest BCUT2D eigenvalue weighted by molar-refractivity contribution is 0.398. The highest BCUT2D eigenvalue weighted by atomic mass is 32.2. The minimum atomic E-state index is -3.45. The van der Waals surface area contributed by atoms with E-state index in [1.807, 2.05) is 36.5 Å². The summed E-state index contributed by atoms with van der Waals surface area (Å²) in [6, 6.07) is 12.7. The molecule has 0 unspecified atom stereocenters. The van der Waals surface area contributed by atoms with Gasteiger partial charge in [-0.2, -0.15) is 5.10 Å². The van der Waals surface area contributed by atoms with Gasteiger partial charge in [0.05, 0.1) is 37.5 Å². The molecule has 0 radical (unpaired) electrons. The second-order valence-corrected chi connectivity index (χ2v) is 7.35. The smallest absolute Gasteiger partial charge is 0.232 e. The fourth-order valence-corrected chi connectivity index (χ4v) is 3.26. The molecule has 25 heavy (non-hydrogen) atoms. The molecular formula is C17H18N4O3S. The molecule has 0 bridgehead atoms. The highest BCUT2D eigenvalue weighted by Gasteiger charge is 2.18. The molecule has 1 aromatic carbocycles. The number of rotatable bonds is 6. The van der Waals surface area contributed by atoms with Crippen LogP contribution in [-0.2, 0) is 16.6 Å². The van der Waals surface area contributed by atoms with Gasteiger partial charge in [0, 0.05) is 18.5 Å². The van der Waals surface area contributed by atoms with Crippen LogP contribution in [0.15, 0.2) is 61.1 Å². The van der Waals surface area contributed by atoms with Crippen molar-refractivity contribution in [3.63, 3.8) is 0 Å². The average Bonchev–Trinajstić information content (AvgIpc) is 3.14. The van der Waals surface area contributed by atoms with E-state index in [9.17, 15) is 8.42 Å². The van der Waals surface area contributed by atoms with Gasteiger partial charge >= 0.3 is 0 Å². The first-order valence-corrected chi connectivity index (χ1v) is 9.39. The van der Waals surface area contributed by atoms with E-state index in [0.717, 1.165) is 11.3 Å². The van der Waals surface area contributed by atoms with Crippen molar-refractivity contribution in [3.8, 4) is 11.6 Å². The SMILES string of the molecule is COc1ccc(N(Cc2ccc(-n3cccn3)cc2)S(C)(=O)=O)cn1. The van der Waals surface area contributed by atoms with Gasteiger partial charge in [-0.05, 0) is 29.8 Å². The second kappa shape index (κ2) is 6.94. The molecular weight excluding hydrogens is 340 g/mol. The number of aromatic nitrogens is 3. The van der Waals surface area contributed by atoms with Crippen molar-refractivity contribution in [1.29, 1.82) is 0 Å². The summed E-state index contributed by atoms with van der Waals surface area (Å²) < 4.78 is 32.5. The number of ether oxygens (including phenoxy) is 1. The molecule has 0 saturated heterocycles. The molecule has 0 N–H and O–H groups in total. The molecule has 0 aliphatic rings. The second-order valence-electron chi connectivity index (χ2n) is 5.45. The summed E-state index contributed by atoms with van der Waals surface area (Å²) in [6.07, 6.45) is 6.21. The Labute approximate surface area is 146 Å². The quantitative estimate of drug-likeness (QED) is 0.675. The van der Waals surface area contributed by atoms with Crippen molar-refractivity contribution < 1.29 is 13.2 Å². The van der Waals surface area contributed by atoms with Gasteiger partial charge < -0.3 is 4.74 Å². The summed E-state index contributed by atoms with van der Waals surface area (Å²) >= 11 is 0. The van der Waals surface area contributed by atoms with E-state index in [2.05, 4.69) is 10.1 Å². The predicted octanol–water partition coefficient (Wildman–Crippen LogP) is 2.24. The first-order valence-electron chi connectivity index (χ1n) is 7.54. The van der Waals surface area contributed by atoms with Crippen molar-refractivity contribution in [2.75, 3.05) is 17.7 Å². The van der Waals surface area contributed by atoms with Crippen LogP contribution < -0.4 is 9.04 Å². The van der Waals surface area contributed by atoms with Crippen LogP contribution in [0.2, 0.25) is 0 Å². The van der Waals surface area contributed by atoms with Crippen molar-refractivity contribution in [2.24, 2.45) is 0 Å². The Morgan fingerprint density at radius 1 is 1.16 bits per heavy atom. The third kappa shape index (κ3) is 3.97. The predicted molar refractivity (Wildman–Crippen MR) is 95.4 cm³/mol. The number of methoxy groups -OCH3 is 1. The van der Waals surface area contributed by atoms with Gasteiger partial charge in [0.25, 0.3) is 0 Å². The van der Waals surface area contributed by atoms with Crippen molar-refractivity contribution >= 4 is 15.7 Å².